The Labute approximate surface area is 190 Å². The Bertz CT molecular complexity index is 1350. The van der Waals surface area contributed by atoms with Gasteiger partial charge in [0.1, 0.15) is 17.1 Å². The summed E-state index contributed by atoms with van der Waals surface area (Å²) >= 11 is 6.08. The van der Waals surface area contributed by atoms with Gasteiger partial charge in [-0.15, -0.1) is 10.2 Å². The van der Waals surface area contributed by atoms with Crippen LogP contribution < -0.4 is 10.1 Å². The lowest BCUT2D eigenvalue weighted by atomic mass is 10.0. The fourth-order valence-corrected chi connectivity index (χ4v) is 3.51. The summed E-state index contributed by atoms with van der Waals surface area (Å²) in [6.45, 7) is 1.90. The maximum absolute atomic E-state index is 13.0. The Hall–Kier alpha value is -3.90. The molecule has 6 nitrogen and oxygen atoms in total. The molecule has 1 amide bonds. The van der Waals surface area contributed by atoms with Gasteiger partial charge in [0.15, 0.2) is 5.75 Å². The number of para-hydroxylation sites is 1. The molecule has 4 rings (SSSR count). The number of phenols is 1. The normalized spacial score (nSPS) is 11.1. The number of aryl methyl sites for hydroxylation is 1. The van der Waals surface area contributed by atoms with E-state index in [0.29, 0.717) is 27.5 Å². The number of fused-ring (bicyclic) bond motifs is 1. The molecule has 0 aromatic heterocycles. The van der Waals surface area contributed by atoms with Crippen molar-refractivity contribution in [2.24, 2.45) is 10.2 Å². The van der Waals surface area contributed by atoms with Gasteiger partial charge in [-0.3, -0.25) is 4.79 Å². The number of anilines is 1. The minimum Gasteiger partial charge on any atom is -0.505 e. The van der Waals surface area contributed by atoms with E-state index in [1.807, 2.05) is 49.4 Å². The Balaban J connectivity index is 1.81. The minimum atomic E-state index is -0.445. The molecule has 4 aromatic rings. The number of rotatable bonds is 5. The van der Waals surface area contributed by atoms with E-state index in [2.05, 4.69) is 15.5 Å². The number of nitrogens with zero attached hydrogens (tertiary/aromatic N) is 2. The molecule has 0 aliphatic rings. The van der Waals surface area contributed by atoms with Crippen molar-refractivity contribution >= 4 is 45.3 Å². The van der Waals surface area contributed by atoms with Gasteiger partial charge < -0.3 is 15.2 Å². The van der Waals surface area contributed by atoms with E-state index in [9.17, 15) is 9.90 Å². The number of hydrogen-bond donors (Lipinski definition) is 2. The van der Waals surface area contributed by atoms with Gasteiger partial charge in [-0.05, 0) is 48.2 Å². The third-order valence-electron chi connectivity index (χ3n) is 5.03. The lowest BCUT2D eigenvalue weighted by molar-refractivity contribution is 0.102. The molecule has 0 spiro atoms. The number of methoxy groups -OCH3 is 1. The second-order valence-corrected chi connectivity index (χ2v) is 7.56. The zero-order valence-electron chi connectivity index (χ0n) is 17.5. The maximum atomic E-state index is 13.0. The number of hydrogen-bond acceptors (Lipinski definition) is 5. The SMILES string of the molecule is COc1ccc(Cl)cc1N=Nc1c(O)c(C(=O)Nc2ccccc2C)cc2ccccc12. The first-order valence-electron chi connectivity index (χ1n) is 9.85. The highest BCUT2D eigenvalue weighted by atomic mass is 35.5. The summed E-state index contributed by atoms with van der Waals surface area (Å²) in [6.07, 6.45) is 0. The summed E-state index contributed by atoms with van der Waals surface area (Å²) in [4.78, 5) is 13.0. The number of halogens is 1. The second kappa shape index (κ2) is 9.08. The number of amides is 1. The van der Waals surface area contributed by atoms with Crippen molar-refractivity contribution in [1.29, 1.82) is 0 Å². The van der Waals surface area contributed by atoms with Crippen molar-refractivity contribution < 1.29 is 14.6 Å². The average Bonchev–Trinajstić information content (AvgIpc) is 2.79. The van der Waals surface area contributed by atoms with Crippen LogP contribution >= 0.6 is 11.6 Å². The second-order valence-electron chi connectivity index (χ2n) is 7.13. The smallest absolute Gasteiger partial charge is 0.259 e. The van der Waals surface area contributed by atoms with Crippen molar-refractivity contribution in [1.82, 2.24) is 0 Å². The van der Waals surface area contributed by atoms with E-state index in [4.69, 9.17) is 16.3 Å². The van der Waals surface area contributed by atoms with E-state index in [1.165, 1.54) is 7.11 Å². The van der Waals surface area contributed by atoms with Crippen LogP contribution in [0.3, 0.4) is 0 Å². The third-order valence-corrected chi connectivity index (χ3v) is 5.27. The number of phenolic OH excluding ortho intramolecular Hbond substituents is 1. The van der Waals surface area contributed by atoms with Gasteiger partial charge in [0.05, 0.1) is 12.7 Å². The number of carbonyl (C=O) groups is 1. The zero-order chi connectivity index (χ0) is 22.7. The molecule has 0 aliphatic heterocycles. The molecule has 160 valence electrons. The van der Waals surface area contributed by atoms with Gasteiger partial charge in [-0.2, -0.15) is 0 Å². The van der Waals surface area contributed by atoms with Gasteiger partial charge in [-0.25, -0.2) is 0 Å². The van der Waals surface area contributed by atoms with Crippen molar-refractivity contribution in [3.8, 4) is 11.5 Å². The Kier molecular flexibility index (Phi) is 6.05. The predicted molar refractivity (Wildman–Crippen MR) is 127 cm³/mol. The largest absolute Gasteiger partial charge is 0.505 e. The topological polar surface area (TPSA) is 83.3 Å². The number of ether oxygens (including phenoxy) is 1. The minimum absolute atomic E-state index is 0.0963. The molecular formula is C25H20ClN3O3. The van der Waals surface area contributed by atoms with Crippen LogP contribution in [0.5, 0.6) is 11.5 Å². The monoisotopic (exact) mass is 445 g/mol. The lowest BCUT2D eigenvalue weighted by Crippen LogP contribution is -2.13. The van der Waals surface area contributed by atoms with E-state index in [1.54, 1.807) is 30.3 Å². The van der Waals surface area contributed by atoms with Crippen LogP contribution in [-0.4, -0.2) is 18.1 Å². The summed E-state index contributed by atoms with van der Waals surface area (Å²) in [6, 6.07) is 21.4. The fourth-order valence-electron chi connectivity index (χ4n) is 3.34. The molecular weight excluding hydrogens is 426 g/mol. The van der Waals surface area contributed by atoms with Gasteiger partial charge in [0.25, 0.3) is 5.91 Å². The number of aromatic hydroxyl groups is 1. The van der Waals surface area contributed by atoms with Crippen LogP contribution in [0.2, 0.25) is 5.02 Å². The van der Waals surface area contributed by atoms with Gasteiger partial charge in [0, 0.05) is 16.1 Å². The van der Waals surface area contributed by atoms with Crippen LogP contribution in [-0.2, 0) is 0 Å². The summed E-state index contributed by atoms with van der Waals surface area (Å²) in [5.74, 6) is -0.228. The summed E-state index contributed by atoms with van der Waals surface area (Å²) in [5.41, 5.74) is 2.25. The Morgan fingerprint density at radius 3 is 2.53 bits per heavy atom. The lowest BCUT2D eigenvalue weighted by Gasteiger charge is -2.12. The van der Waals surface area contributed by atoms with Crippen LogP contribution in [0.4, 0.5) is 17.1 Å². The first-order chi connectivity index (χ1) is 15.5. The van der Waals surface area contributed by atoms with Crippen molar-refractivity contribution in [3.63, 3.8) is 0 Å². The van der Waals surface area contributed by atoms with Crippen LogP contribution in [0.1, 0.15) is 15.9 Å². The van der Waals surface area contributed by atoms with Gasteiger partial charge >= 0.3 is 0 Å². The molecule has 0 saturated heterocycles. The highest BCUT2D eigenvalue weighted by molar-refractivity contribution is 6.30. The van der Waals surface area contributed by atoms with Crippen molar-refractivity contribution in [2.75, 3.05) is 12.4 Å². The molecule has 4 aromatic carbocycles. The summed E-state index contributed by atoms with van der Waals surface area (Å²) < 4.78 is 5.31. The van der Waals surface area contributed by atoms with E-state index in [0.717, 1.165) is 10.9 Å². The summed E-state index contributed by atoms with van der Waals surface area (Å²) in [5, 5.41) is 24.2. The molecule has 0 heterocycles. The van der Waals surface area contributed by atoms with Crippen LogP contribution in [0, 0.1) is 6.92 Å². The molecule has 0 radical (unpaired) electrons. The Morgan fingerprint density at radius 2 is 1.75 bits per heavy atom. The highest BCUT2D eigenvalue weighted by Crippen LogP contribution is 2.41. The first kappa shape index (κ1) is 21.3. The molecule has 0 aliphatic carbocycles. The molecule has 32 heavy (non-hydrogen) atoms. The zero-order valence-corrected chi connectivity index (χ0v) is 18.2. The van der Waals surface area contributed by atoms with E-state index >= 15 is 0 Å². The molecule has 0 unspecified atom stereocenters. The standard InChI is InChI=1S/C25H20ClN3O3/c1-15-7-3-6-10-20(15)27-25(31)19-13-16-8-4-5-9-18(16)23(24(19)30)29-28-21-14-17(26)11-12-22(21)32-2/h3-14,30H,1-2H3,(H,27,31). The summed E-state index contributed by atoms with van der Waals surface area (Å²) in [7, 11) is 1.52. The highest BCUT2D eigenvalue weighted by Gasteiger charge is 2.19. The van der Waals surface area contributed by atoms with Crippen molar-refractivity contribution in [3.05, 3.63) is 88.9 Å². The van der Waals surface area contributed by atoms with E-state index < -0.39 is 5.91 Å². The molecule has 0 bridgehead atoms. The molecule has 0 atom stereocenters. The van der Waals surface area contributed by atoms with Gasteiger partial charge in [-0.1, -0.05) is 54.1 Å². The first-order valence-corrected chi connectivity index (χ1v) is 10.2. The number of nitrogens with one attached hydrogen (secondary N) is 1. The molecule has 2 N–H and O–H groups in total. The molecule has 0 saturated carbocycles. The maximum Gasteiger partial charge on any atom is 0.259 e. The Morgan fingerprint density at radius 1 is 1.00 bits per heavy atom. The third kappa shape index (κ3) is 4.26. The quantitative estimate of drug-likeness (QED) is 0.319. The number of benzene rings is 4. The van der Waals surface area contributed by atoms with Crippen LogP contribution in [0.15, 0.2) is 83.0 Å². The van der Waals surface area contributed by atoms with Gasteiger partial charge in [0.2, 0.25) is 0 Å². The molecule has 7 heteroatoms. The fraction of sp³-hybridized carbons (Fsp3) is 0.0800. The van der Waals surface area contributed by atoms with Crippen molar-refractivity contribution in [2.45, 2.75) is 6.92 Å². The number of azo groups is 1. The van der Waals surface area contributed by atoms with E-state index in [-0.39, 0.29) is 17.0 Å². The molecule has 0 fully saturated rings. The number of carbonyl (C=O) groups excluding carboxylic acids is 1. The van der Waals surface area contributed by atoms with Crippen LogP contribution in [0.25, 0.3) is 10.8 Å². The predicted octanol–water partition coefficient (Wildman–Crippen LogP) is 7.18. The average molecular weight is 446 g/mol.